The second-order valence-corrected chi connectivity index (χ2v) is 6.63. The lowest BCUT2D eigenvalue weighted by molar-refractivity contribution is 0.0931. The number of carbonyl (C=O) groups is 1. The van der Waals surface area contributed by atoms with E-state index in [1.807, 2.05) is 30.3 Å². The average Bonchev–Trinajstić information content (AvgIpc) is 3.11. The maximum atomic E-state index is 12.7. The van der Waals surface area contributed by atoms with Gasteiger partial charge in [0.25, 0.3) is 5.91 Å². The predicted molar refractivity (Wildman–Crippen MR) is 99.5 cm³/mol. The number of nitrogens with zero attached hydrogens (tertiary/aromatic N) is 1. The van der Waals surface area contributed by atoms with Gasteiger partial charge >= 0.3 is 0 Å². The van der Waals surface area contributed by atoms with Crippen molar-refractivity contribution in [1.82, 2.24) is 10.2 Å². The molecule has 2 aromatic rings. The van der Waals surface area contributed by atoms with Crippen molar-refractivity contribution >= 4 is 5.91 Å². The molecular formula is C21H26N2O2. The maximum absolute atomic E-state index is 12.7. The van der Waals surface area contributed by atoms with Crippen molar-refractivity contribution in [2.75, 3.05) is 20.2 Å². The Bertz CT molecular complexity index is 702. The van der Waals surface area contributed by atoms with Crippen LogP contribution in [0.1, 0.15) is 40.9 Å². The van der Waals surface area contributed by atoms with Crippen molar-refractivity contribution in [2.24, 2.45) is 0 Å². The second-order valence-electron chi connectivity index (χ2n) is 6.63. The van der Waals surface area contributed by atoms with Gasteiger partial charge in [0.1, 0.15) is 0 Å². The van der Waals surface area contributed by atoms with E-state index in [0.29, 0.717) is 18.2 Å². The van der Waals surface area contributed by atoms with Gasteiger partial charge in [-0.05, 0) is 30.5 Å². The molecule has 1 saturated heterocycles. The minimum absolute atomic E-state index is 0.00753. The van der Waals surface area contributed by atoms with Gasteiger partial charge in [-0.1, -0.05) is 48.5 Å². The zero-order valence-electron chi connectivity index (χ0n) is 14.9. The van der Waals surface area contributed by atoms with Crippen LogP contribution in [-0.2, 0) is 11.3 Å². The van der Waals surface area contributed by atoms with Crippen LogP contribution in [-0.4, -0.2) is 37.0 Å². The van der Waals surface area contributed by atoms with E-state index in [9.17, 15) is 4.79 Å². The third-order valence-electron chi connectivity index (χ3n) is 4.95. The summed E-state index contributed by atoms with van der Waals surface area (Å²) in [6.45, 7) is 4.56. The topological polar surface area (TPSA) is 41.6 Å². The van der Waals surface area contributed by atoms with E-state index in [-0.39, 0.29) is 11.9 Å². The molecule has 1 N–H and O–H groups in total. The molecule has 0 unspecified atom stereocenters. The first-order valence-corrected chi connectivity index (χ1v) is 8.85. The van der Waals surface area contributed by atoms with Gasteiger partial charge in [-0.2, -0.15) is 0 Å². The van der Waals surface area contributed by atoms with Crippen molar-refractivity contribution in [1.29, 1.82) is 0 Å². The average molecular weight is 338 g/mol. The Balaban J connectivity index is 1.61. The Morgan fingerprint density at radius 2 is 1.92 bits per heavy atom. The number of likely N-dealkylation sites (tertiary alicyclic amines) is 1. The highest BCUT2D eigenvalue weighted by atomic mass is 16.5. The van der Waals surface area contributed by atoms with E-state index in [1.54, 1.807) is 7.11 Å². The lowest BCUT2D eigenvalue weighted by Gasteiger charge is -2.25. The highest BCUT2D eigenvalue weighted by molar-refractivity contribution is 5.95. The first-order chi connectivity index (χ1) is 12.2. The smallest absolute Gasteiger partial charge is 0.251 e. The van der Waals surface area contributed by atoms with Crippen LogP contribution in [0.4, 0.5) is 0 Å². The number of benzene rings is 2. The van der Waals surface area contributed by atoms with E-state index < -0.39 is 0 Å². The zero-order chi connectivity index (χ0) is 17.6. The monoisotopic (exact) mass is 338 g/mol. The second kappa shape index (κ2) is 8.28. The van der Waals surface area contributed by atoms with E-state index >= 15 is 0 Å². The number of rotatable bonds is 6. The Kier molecular flexibility index (Phi) is 5.84. The Hall–Kier alpha value is -2.17. The number of carbonyl (C=O) groups excluding carboxylic acids is 1. The van der Waals surface area contributed by atoms with Crippen LogP contribution < -0.4 is 5.32 Å². The highest BCUT2D eigenvalue weighted by Crippen LogP contribution is 2.24. The van der Waals surface area contributed by atoms with Crippen LogP contribution in [0.5, 0.6) is 0 Å². The van der Waals surface area contributed by atoms with Crippen molar-refractivity contribution in [3.05, 3.63) is 71.3 Å². The van der Waals surface area contributed by atoms with Crippen LogP contribution in [0.25, 0.3) is 0 Å². The van der Waals surface area contributed by atoms with Crippen molar-refractivity contribution in [3.8, 4) is 0 Å². The van der Waals surface area contributed by atoms with Crippen LogP contribution in [0, 0.1) is 0 Å². The van der Waals surface area contributed by atoms with Gasteiger partial charge in [0.05, 0.1) is 6.61 Å². The van der Waals surface area contributed by atoms with Gasteiger partial charge in [0.15, 0.2) is 0 Å². The fourth-order valence-corrected chi connectivity index (χ4v) is 3.49. The zero-order valence-corrected chi connectivity index (χ0v) is 14.9. The minimum atomic E-state index is -0.00753. The Morgan fingerprint density at radius 3 is 2.68 bits per heavy atom. The van der Waals surface area contributed by atoms with Crippen molar-refractivity contribution in [3.63, 3.8) is 0 Å². The summed E-state index contributed by atoms with van der Waals surface area (Å²) in [6.07, 6.45) is 0.982. The standard InChI is InChI=1S/C21H26N2O2/c1-16(17-8-4-3-5-9-17)23-13-12-19(14-23)22-21(24)20-11-7-6-10-18(20)15-25-2/h3-11,16,19H,12-15H2,1-2H3,(H,22,24)/t16-,19-/m1/s1. The molecule has 2 aromatic carbocycles. The van der Waals surface area contributed by atoms with E-state index in [2.05, 4.69) is 41.4 Å². The summed E-state index contributed by atoms with van der Waals surface area (Å²) in [7, 11) is 1.65. The summed E-state index contributed by atoms with van der Waals surface area (Å²) in [5.74, 6) is -0.00753. The quantitative estimate of drug-likeness (QED) is 0.878. The molecule has 0 saturated carbocycles. The van der Waals surface area contributed by atoms with Gasteiger partial charge in [0.2, 0.25) is 0 Å². The predicted octanol–water partition coefficient (Wildman–Crippen LogP) is 3.40. The SMILES string of the molecule is COCc1ccccc1C(=O)N[C@@H]1CCN([C@H](C)c2ccccc2)C1. The fourth-order valence-electron chi connectivity index (χ4n) is 3.49. The molecule has 1 amide bonds. The van der Waals surface area contributed by atoms with Gasteiger partial charge in [0, 0.05) is 37.8 Å². The number of nitrogens with one attached hydrogen (secondary N) is 1. The van der Waals surface area contributed by atoms with Crippen LogP contribution >= 0.6 is 0 Å². The molecular weight excluding hydrogens is 312 g/mol. The Labute approximate surface area is 149 Å². The van der Waals surface area contributed by atoms with Crippen LogP contribution in [0.3, 0.4) is 0 Å². The third kappa shape index (κ3) is 4.27. The fraction of sp³-hybridized carbons (Fsp3) is 0.381. The summed E-state index contributed by atoms with van der Waals surface area (Å²) >= 11 is 0. The highest BCUT2D eigenvalue weighted by Gasteiger charge is 2.28. The summed E-state index contributed by atoms with van der Waals surface area (Å²) < 4.78 is 5.20. The number of hydrogen-bond acceptors (Lipinski definition) is 3. The summed E-state index contributed by atoms with van der Waals surface area (Å²) in [5, 5.41) is 3.19. The molecule has 2 atom stereocenters. The summed E-state index contributed by atoms with van der Waals surface area (Å²) in [5.41, 5.74) is 2.95. The van der Waals surface area contributed by atoms with Gasteiger partial charge in [-0.25, -0.2) is 0 Å². The molecule has 1 aliphatic rings. The molecule has 0 aromatic heterocycles. The molecule has 0 bridgehead atoms. The van der Waals surface area contributed by atoms with Gasteiger partial charge in [-0.3, -0.25) is 9.69 Å². The molecule has 4 nitrogen and oxygen atoms in total. The first kappa shape index (κ1) is 17.6. The van der Waals surface area contributed by atoms with Crippen LogP contribution in [0.15, 0.2) is 54.6 Å². The van der Waals surface area contributed by atoms with E-state index in [0.717, 1.165) is 25.1 Å². The Morgan fingerprint density at radius 1 is 1.20 bits per heavy atom. The molecule has 3 rings (SSSR count). The lowest BCUT2D eigenvalue weighted by Crippen LogP contribution is -2.38. The van der Waals surface area contributed by atoms with Crippen molar-refractivity contribution in [2.45, 2.75) is 32.0 Å². The van der Waals surface area contributed by atoms with E-state index in [1.165, 1.54) is 5.56 Å². The molecule has 1 fully saturated rings. The molecule has 1 aliphatic heterocycles. The summed E-state index contributed by atoms with van der Waals surface area (Å²) in [6, 6.07) is 18.7. The largest absolute Gasteiger partial charge is 0.380 e. The molecule has 0 radical (unpaired) electrons. The molecule has 25 heavy (non-hydrogen) atoms. The summed E-state index contributed by atoms with van der Waals surface area (Å²) in [4.78, 5) is 15.1. The molecule has 132 valence electrons. The van der Waals surface area contributed by atoms with Gasteiger partial charge < -0.3 is 10.1 Å². The minimum Gasteiger partial charge on any atom is -0.380 e. The number of methoxy groups -OCH3 is 1. The number of amides is 1. The first-order valence-electron chi connectivity index (χ1n) is 8.85. The van der Waals surface area contributed by atoms with Crippen LogP contribution in [0.2, 0.25) is 0 Å². The molecule has 1 heterocycles. The molecule has 4 heteroatoms. The van der Waals surface area contributed by atoms with Crippen molar-refractivity contribution < 1.29 is 9.53 Å². The van der Waals surface area contributed by atoms with E-state index in [4.69, 9.17) is 4.74 Å². The maximum Gasteiger partial charge on any atom is 0.251 e. The number of ether oxygens (including phenoxy) is 1. The normalized spacial score (nSPS) is 18.9. The lowest BCUT2D eigenvalue weighted by atomic mass is 10.1. The number of hydrogen-bond donors (Lipinski definition) is 1. The van der Waals surface area contributed by atoms with Gasteiger partial charge in [-0.15, -0.1) is 0 Å². The molecule has 0 aliphatic carbocycles. The molecule has 0 spiro atoms. The third-order valence-corrected chi connectivity index (χ3v) is 4.95.